The number of hydrogen-bond acceptors (Lipinski definition) is 6. The van der Waals surface area contributed by atoms with Gasteiger partial charge in [0.2, 0.25) is 11.7 Å². The third-order valence-electron chi connectivity index (χ3n) is 3.11. The highest BCUT2D eigenvalue weighted by Gasteiger charge is 2.21. The van der Waals surface area contributed by atoms with E-state index in [0.717, 1.165) is 24.3 Å². The molecule has 1 saturated heterocycles. The molecule has 0 saturated carbocycles. The minimum Gasteiger partial charge on any atom is -0.378 e. The zero-order valence-electron chi connectivity index (χ0n) is 11.3. The van der Waals surface area contributed by atoms with Crippen LogP contribution in [0.1, 0.15) is 17.5 Å². The maximum Gasteiger partial charge on any atom is 0.246 e. The lowest BCUT2D eigenvalue weighted by Gasteiger charge is -2.20. The smallest absolute Gasteiger partial charge is 0.246 e. The molecule has 8 heteroatoms. The summed E-state index contributed by atoms with van der Waals surface area (Å²) in [6.07, 6.45) is 0. The molecule has 21 heavy (non-hydrogen) atoms. The minimum atomic E-state index is -0.0154. The molecule has 2 aromatic rings. The van der Waals surface area contributed by atoms with E-state index in [0.29, 0.717) is 24.9 Å². The highest BCUT2D eigenvalue weighted by Crippen LogP contribution is 2.20. The van der Waals surface area contributed by atoms with Crippen LogP contribution in [0.4, 0.5) is 0 Å². The molecule has 0 radical (unpaired) electrons. The van der Waals surface area contributed by atoms with Gasteiger partial charge in [-0.15, -0.1) is 24.8 Å². The monoisotopic (exact) mass is 332 g/mol. The maximum atomic E-state index is 5.57. The molecule has 1 aliphatic rings. The van der Waals surface area contributed by atoms with Gasteiger partial charge in [-0.3, -0.25) is 0 Å². The molecule has 1 fully saturated rings. The lowest BCUT2D eigenvalue weighted by Crippen LogP contribution is -2.34. The third kappa shape index (κ3) is 4.15. The Morgan fingerprint density at radius 3 is 2.62 bits per heavy atom. The van der Waals surface area contributed by atoms with Crippen molar-refractivity contribution in [3.63, 3.8) is 0 Å². The van der Waals surface area contributed by atoms with Gasteiger partial charge in [-0.1, -0.05) is 29.4 Å². The zero-order chi connectivity index (χ0) is 13.1. The Morgan fingerprint density at radius 1 is 1.24 bits per heavy atom. The van der Waals surface area contributed by atoms with Crippen molar-refractivity contribution < 1.29 is 9.26 Å². The number of aromatic nitrogens is 2. The van der Waals surface area contributed by atoms with Gasteiger partial charge < -0.3 is 20.3 Å². The van der Waals surface area contributed by atoms with Crippen LogP contribution in [0.15, 0.2) is 28.8 Å². The molecule has 1 aromatic carbocycles. The molecule has 1 aliphatic heterocycles. The van der Waals surface area contributed by atoms with Crippen LogP contribution in [-0.2, 0) is 11.3 Å². The minimum absolute atomic E-state index is 0. The summed E-state index contributed by atoms with van der Waals surface area (Å²) in [5.41, 5.74) is 7.57. The van der Waals surface area contributed by atoms with E-state index in [1.54, 1.807) is 0 Å². The summed E-state index contributed by atoms with van der Waals surface area (Å²) in [4.78, 5) is 4.41. The number of hydrogen-bond donors (Lipinski definition) is 2. The molecular formula is C13H18Cl2N4O2. The molecule has 0 spiro atoms. The van der Waals surface area contributed by atoms with Gasteiger partial charge in [0.1, 0.15) is 6.04 Å². The fourth-order valence-corrected chi connectivity index (χ4v) is 2.01. The van der Waals surface area contributed by atoms with Gasteiger partial charge in [0.25, 0.3) is 0 Å². The standard InChI is InChI=1S/C13H16N4O2.2ClH/c14-7-9-1-3-10(4-2-9)12-16-13(19-17-12)11-8-18-6-5-15-11;;/h1-4,11,15H,5-8,14H2;2*1H. The normalized spacial score (nSPS) is 17.7. The average Bonchev–Trinajstić information content (AvgIpc) is 2.98. The highest BCUT2D eigenvalue weighted by atomic mass is 35.5. The summed E-state index contributed by atoms with van der Waals surface area (Å²) >= 11 is 0. The Balaban J connectivity index is 0.00000110. The molecule has 2 heterocycles. The van der Waals surface area contributed by atoms with Gasteiger partial charge in [-0.05, 0) is 5.56 Å². The van der Waals surface area contributed by atoms with E-state index in [9.17, 15) is 0 Å². The number of halogens is 2. The van der Waals surface area contributed by atoms with Gasteiger partial charge in [0, 0.05) is 18.7 Å². The summed E-state index contributed by atoms with van der Waals surface area (Å²) in [5, 5.41) is 7.28. The van der Waals surface area contributed by atoms with Crippen molar-refractivity contribution >= 4 is 24.8 Å². The van der Waals surface area contributed by atoms with E-state index in [2.05, 4.69) is 15.5 Å². The van der Waals surface area contributed by atoms with Crippen LogP contribution >= 0.6 is 24.8 Å². The van der Waals surface area contributed by atoms with E-state index in [1.165, 1.54) is 0 Å². The Morgan fingerprint density at radius 2 is 2.00 bits per heavy atom. The lowest BCUT2D eigenvalue weighted by atomic mass is 10.1. The quantitative estimate of drug-likeness (QED) is 0.889. The van der Waals surface area contributed by atoms with Crippen LogP contribution < -0.4 is 11.1 Å². The molecule has 6 nitrogen and oxygen atoms in total. The fraction of sp³-hybridized carbons (Fsp3) is 0.385. The molecule has 0 aliphatic carbocycles. The number of nitrogens with two attached hydrogens (primary N) is 1. The average molecular weight is 333 g/mol. The van der Waals surface area contributed by atoms with E-state index in [-0.39, 0.29) is 30.9 Å². The predicted octanol–water partition coefficient (Wildman–Crippen LogP) is 1.70. The third-order valence-corrected chi connectivity index (χ3v) is 3.11. The van der Waals surface area contributed by atoms with Gasteiger partial charge in [-0.25, -0.2) is 0 Å². The molecule has 0 amide bonds. The maximum absolute atomic E-state index is 5.57. The Labute approximate surface area is 135 Å². The Bertz CT molecular complexity index is 541. The number of morpholine rings is 1. The van der Waals surface area contributed by atoms with Crippen molar-refractivity contribution in [3.05, 3.63) is 35.7 Å². The fourth-order valence-electron chi connectivity index (χ4n) is 2.01. The van der Waals surface area contributed by atoms with Gasteiger partial charge in [-0.2, -0.15) is 4.98 Å². The van der Waals surface area contributed by atoms with E-state index >= 15 is 0 Å². The topological polar surface area (TPSA) is 86.2 Å². The summed E-state index contributed by atoms with van der Waals surface area (Å²) < 4.78 is 10.7. The van der Waals surface area contributed by atoms with E-state index in [4.69, 9.17) is 15.0 Å². The second kappa shape index (κ2) is 8.31. The van der Waals surface area contributed by atoms with Crippen LogP contribution in [0.2, 0.25) is 0 Å². The van der Waals surface area contributed by atoms with Crippen molar-refractivity contribution in [1.82, 2.24) is 15.5 Å². The summed E-state index contributed by atoms with van der Waals surface area (Å²) in [6, 6.07) is 7.81. The van der Waals surface area contributed by atoms with Crippen LogP contribution in [-0.4, -0.2) is 29.9 Å². The number of ether oxygens (including phenoxy) is 1. The van der Waals surface area contributed by atoms with Crippen LogP contribution in [0.5, 0.6) is 0 Å². The number of nitrogens with one attached hydrogen (secondary N) is 1. The molecular weight excluding hydrogens is 315 g/mol. The Hall–Kier alpha value is -1.18. The lowest BCUT2D eigenvalue weighted by molar-refractivity contribution is 0.0659. The first-order chi connectivity index (χ1) is 9.36. The predicted molar refractivity (Wildman–Crippen MR) is 83.7 cm³/mol. The van der Waals surface area contributed by atoms with E-state index in [1.807, 2.05) is 24.3 Å². The second-order valence-electron chi connectivity index (χ2n) is 4.44. The Kier molecular flexibility index (Phi) is 7.07. The largest absolute Gasteiger partial charge is 0.378 e. The summed E-state index contributed by atoms with van der Waals surface area (Å²) in [7, 11) is 0. The molecule has 116 valence electrons. The SMILES string of the molecule is Cl.Cl.NCc1ccc(-c2noc(C3COCCN3)n2)cc1. The van der Waals surface area contributed by atoms with Gasteiger partial charge in [0.15, 0.2) is 0 Å². The molecule has 1 aromatic heterocycles. The highest BCUT2D eigenvalue weighted by molar-refractivity contribution is 5.85. The van der Waals surface area contributed by atoms with Gasteiger partial charge >= 0.3 is 0 Å². The number of nitrogens with zero attached hydrogens (tertiary/aromatic N) is 2. The first-order valence-electron chi connectivity index (χ1n) is 6.31. The second-order valence-corrected chi connectivity index (χ2v) is 4.44. The summed E-state index contributed by atoms with van der Waals surface area (Å²) in [6.45, 7) is 2.61. The first kappa shape index (κ1) is 17.9. The van der Waals surface area contributed by atoms with Crippen molar-refractivity contribution in [3.8, 4) is 11.4 Å². The molecule has 0 bridgehead atoms. The molecule has 3 rings (SSSR count). The van der Waals surface area contributed by atoms with E-state index < -0.39 is 0 Å². The van der Waals surface area contributed by atoms with Crippen molar-refractivity contribution in [2.45, 2.75) is 12.6 Å². The van der Waals surface area contributed by atoms with Crippen LogP contribution in [0.25, 0.3) is 11.4 Å². The van der Waals surface area contributed by atoms with Crippen molar-refractivity contribution in [1.29, 1.82) is 0 Å². The van der Waals surface area contributed by atoms with Crippen molar-refractivity contribution in [2.24, 2.45) is 5.73 Å². The van der Waals surface area contributed by atoms with Crippen LogP contribution in [0, 0.1) is 0 Å². The first-order valence-corrected chi connectivity index (χ1v) is 6.31. The van der Waals surface area contributed by atoms with Crippen LogP contribution in [0.3, 0.4) is 0 Å². The zero-order valence-corrected chi connectivity index (χ0v) is 13.0. The number of benzene rings is 1. The summed E-state index contributed by atoms with van der Waals surface area (Å²) in [5.74, 6) is 1.16. The number of rotatable bonds is 3. The molecule has 3 N–H and O–H groups in total. The van der Waals surface area contributed by atoms with Gasteiger partial charge in [0.05, 0.1) is 13.2 Å². The molecule has 1 unspecified atom stereocenters. The van der Waals surface area contributed by atoms with Crippen molar-refractivity contribution in [2.75, 3.05) is 19.8 Å². The molecule has 1 atom stereocenters.